The van der Waals surface area contributed by atoms with Crippen LogP contribution < -0.4 is 0 Å². The van der Waals surface area contributed by atoms with Crippen LogP contribution in [0.3, 0.4) is 0 Å². The first kappa shape index (κ1) is 13.3. The van der Waals surface area contributed by atoms with Crippen molar-refractivity contribution in [2.75, 3.05) is 0 Å². The fourth-order valence-electron chi connectivity index (χ4n) is 2.84. The third-order valence-electron chi connectivity index (χ3n) is 3.97. The molecule has 0 saturated heterocycles. The molecule has 0 heterocycles. The maximum absolute atomic E-state index is 13.6. The van der Waals surface area contributed by atoms with Gasteiger partial charge >= 0.3 is 0 Å². The van der Waals surface area contributed by atoms with Crippen molar-refractivity contribution in [3.63, 3.8) is 0 Å². The minimum absolute atomic E-state index is 0.0444. The lowest BCUT2D eigenvalue weighted by Crippen LogP contribution is -2.06. The van der Waals surface area contributed by atoms with Crippen LogP contribution in [-0.4, -0.2) is 5.11 Å². The van der Waals surface area contributed by atoms with E-state index in [1.54, 1.807) is 0 Å². The molecule has 0 fully saturated rings. The van der Waals surface area contributed by atoms with Crippen molar-refractivity contribution in [3.05, 3.63) is 70.3 Å². The molecule has 2 aromatic carbocycles. The van der Waals surface area contributed by atoms with Gasteiger partial charge < -0.3 is 5.11 Å². The molecule has 20 heavy (non-hydrogen) atoms. The Morgan fingerprint density at radius 3 is 2.45 bits per heavy atom. The molecule has 0 spiro atoms. The Morgan fingerprint density at radius 2 is 1.70 bits per heavy atom. The maximum atomic E-state index is 13.6. The number of hydrogen-bond donors (Lipinski definition) is 1. The summed E-state index contributed by atoms with van der Waals surface area (Å²) in [6.45, 7) is 0. The van der Waals surface area contributed by atoms with Gasteiger partial charge in [0, 0.05) is 12.0 Å². The summed E-state index contributed by atoms with van der Waals surface area (Å²) >= 11 is 0. The van der Waals surface area contributed by atoms with E-state index in [1.165, 1.54) is 29.3 Å². The second-order valence-corrected chi connectivity index (χ2v) is 5.30. The van der Waals surface area contributed by atoms with Gasteiger partial charge in [-0.05, 0) is 48.1 Å². The molecule has 0 amide bonds. The maximum Gasteiger partial charge on any atom is 0.129 e. The van der Waals surface area contributed by atoms with Gasteiger partial charge in [-0.2, -0.15) is 0 Å². The van der Waals surface area contributed by atoms with Crippen molar-refractivity contribution in [1.82, 2.24) is 0 Å². The van der Waals surface area contributed by atoms with Gasteiger partial charge in [0.05, 0.1) is 6.10 Å². The zero-order valence-electron chi connectivity index (χ0n) is 11.1. The molecule has 3 heteroatoms. The highest BCUT2D eigenvalue weighted by molar-refractivity contribution is 5.36. The molecular weight excluding hydrogens is 258 g/mol. The molecule has 1 nitrogen and oxygen atoms in total. The van der Waals surface area contributed by atoms with E-state index in [4.69, 9.17) is 0 Å². The zero-order valence-corrected chi connectivity index (χ0v) is 11.1. The molecule has 0 aromatic heterocycles. The van der Waals surface area contributed by atoms with Crippen molar-refractivity contribution >= 4 is 0 Å². The number of hydrogen-bond acceptors (Lipinski definition) is 1. The van der Waals surface area contributed by atoms with E-state index in [2.05, 4.69) is 0 Å². The van der Waals surface area contributed by atoms with Gasteiger partial charge in [-0.25, -0.2) is 8.78 Å². The predicted octanol–water partition coefficient (Wildman–Crippen LogP) is 3.73. The number of fused-ring (bicyclic) bond motifs is 1. The molecular formula is C17H16F2O. The second kappa shape index (κ2) is 5.33. The molecule has 1 aliphatic carbocycles. The topological polar surface area (TPSA) is 20.2 Å². The number of halogens is 2. The average molecular weight is 274 g/mol. The van der Waals surface area contributed by atoms with Crippen LogP contribution in [0.1, 0.15) is 34.8 Å². The third-order valence-corrected chi connectivity index (χ3v) is 3.97. The van der Waals surface area contributed by atoms with E-state index in [9.17, 15) is 13.9 Å². The molecule has 3 rings (SSSR count). The van der Waals surface area contributed by atoms with Crippen LogP contribution in [0.2, 0.25) is 0 Å². The Morgan fingerprint density at radius 1 is 1.00 bits per heavy atom. The van der Waals surface area contributed by atoms with Gasteiger partial charge in [0.2, 0.25) is 0 Å². The van der Waals surface area contributed by atoms with Crippen LogP contribution in [0.25, 0.3) is 0 Å². The smallest absolute Gasteiger partial charge is 0.129 e. The molecule has 1 atom stereocenters. The molecule has 0 bridgehead atoms. The highest BCUT2D eigenvalue weighted by Gasteiger charge is 2.18. The van der Waals surface area contributed by atoms with Crippen LogP contribution >= 0.6 is 0 Å². The molecule has 1 aliphatic rings. The Bertz CT molecular complexity index is 617. The fraction of sp³-hybridized carbons (Fsp3) is 0.294. The predicted molar refractivity (Wildman–Crippen MR) is 73.5 cm³/mol. The Balaban J connectivity index is 1.84. The lowest BCUT2D eigenvalue weighted by atomic mass is 9.97. The molecule has 0 saturated carbocycles. The second-order valence-electron chi connectivity index (χ2n) is 5.30. The first-order chi connectivity index (χ1) is 9.65. The van der Waals surface area contributed by atoms with Crippen LogP contribution in [0.5, 0.6) is 0 Å². The van der Waals surface area contributed by atoms with E-state index in [1.807, 2.05) is 18.2 Å². The number of aliphatic hydroxyl groups excluding tert-OH is 1. The molecule has 0 aliphatic heterocycles. The minimum atomic E-state index is -0.882. The van der Waals surface area contributed by atoms with E-state index in [-0.39, 0.29) is 12.0 Å². The lowest BCUT2D eigenvalue weighted by Gasteiger charge is -2.14. The molecule has 1 N–H and O–H groups in total. The van der Waals surface area contributed by atoms with Gasteiger partial charge in [-0.15, -0.1) is 0 Å². The van der Waals surface area contributed by atoms with Crippen molar-refractivity contribution in [3.8, 4) is 0 Å². The third kappa shape index (κ3) is 2.46. The van der Waals surface area contributed by atoms with Gasteiger partial charge in [0.1, 0.15) is 11.6 Å². The van der Waals surface area contributed by atoms with Gasteiger partial charge in [0.15, 0.2) is 0 Å². The van der Waals surface area contributed by atoms with Crippen LogP contribution in [-0.2, 0) is 19.3 Å². The van der Waals surface area contributed by atoms with E-state index >= 15 is 0 Å². The van der Waals surface area contributed by atoms with Crippen LogP contribution in [0.15, 0.2) is 36.4 Å². The summed E-state index contributed by atoms with van der Waals surface area (Å²) in [6, 6.07) is 9.59. The van der Waals surface area contributed by atoms with Crippen molar-refractivity contribution < 1.29 is 13.9 Å². The summed E-state index contributed by atoms with van der Waals surface area (Å²) in [7, 11) is 0. The quantitative estimate of drug-likeness (QED) is 0.904. The summed E-state index contributed by atoms with van der Waals surface area (Å²) in [5, 5.41) is 10.2. The van der Waals surface area contributed by atoms with Gasteiger partial charge in [-0.1, -0.05) is 24.3 Å². The Kier molecular flexibility index (Phi) is 3.53. The van der Waals surface area contributed by atoms with Crippen molar-refractivity contribution in [1.29, 1.82) is 0 Å². The normalized spacial score (nSPS) is 15.2. The van der Waals surface area contributed by atoms with Crippen molar-refractivity contribution in [2.24, 2.45) is 0 Å². The first-order valence-corrected chi connectivity index (χ1v) is 6.88. The van der Waals surface area contributed by atoms with Crippen LogP contribution in [0, 0.1) is 11.6 Å². The average Bonchev–Trinajstić information content (AvgIpc) is 2.90. The van der Waals surface area contributed by atoms with E-state index in [0.717, 1.165) is 24.8 Å². The van der Waals surface area contributed by atoms with Crippen molar-refractivity contribution in [2.45, 2.75) is 31.8 Å². The molecule has 1 unspecified atom stereocenters. The molecule has 2 aromatic rings. The highest BCUT2D eigenvalue weighted by atomic mass is 19.1. The van der Waals surface area contributed by atoms with E-state index < -0.39 is 17.7 Å². The van der Waals surface area contributed by atoms with Gasteiger partial charge in [0.25, 0.3) is 0 Å². The molecule has 0 radical (unpaired) electrons. The zero-order chi connectivity index (χ0) is 14.1. The fourth-order valence-corrected chi connectivity index (χ4v) is 2.84. The SMILES string of the molecule is OC(Cc1c(F)cccc1F)c1ccc2c(c1)CCC2. The lowest BCUT2D eigenvalue weighted by molar-refractivity contribution is 0.175. The highest BCUT2D eigenvalue weighted by Crippen LogP contribution is 2.27. The number of aliphatic hydroxyl groups is 1. The molecule has 104 valence electrons. The standard InChI is InChI=1S/C17H16F2O/c18-15-5-2-6-16(19)14(15)10-17(20)13-8-7-11-3-1-4-12(11)9-13/h2,5-9,17,20H,1,3-4,10H2. The summed E-state index contributed by atoms with van der Waals surface area (Å²) in [4.78, 5) is 0. The van der Waals surface area contributed by atoms with E-state index in [0.29, 0.717) is 0 Å². The minimum Gasteiger partial charge on any atom is -0.388 e. The summed E-state index contributed by atoms with van der Waals surface area (Å²) < 4.78 is 27.2. The summed E-state index contributed by atoms with van der Waals surface area (Å²) in [5.74, 6) is -1.21. The Hall–Kier alpha value is -1.74. The summed E-state index contributed by atoms with van der Waals surface area (Å²) in [5.41, 5.74) is 3.24. The number of aryl methyl sites for hydroxylation is 2. The summed E-state index contributed by atoms with van der Waals surface area (Å²) in [6.07, 6.45) is 2.30. The number of benzene rings is 2. The number of rotatable bonds is 3. The monoisotopic (exact) mass is 274 g/mol. The Labute approximate surface area is 116 Å². The largest absolute Gasteiger partial charge is 0.388 e. The first-order valence-electron chi connectivity index (χ1n) is 6.88. The van der Waals surface area contributed by atoms with Crippen LogP contribution in [0.4, 0.5) is 8.78 Å². The van der Waals surface area contributed by atoms with Gasteiger partial charge in [-0.3, -0.25) is 0 Å².